The van der Waals surface area contributed by atoms with Gasteiger partial charge in [0, 0.05) is 6.42 Å². The first kappa shape index (κ1) is 50.9. The van der Waals surface area contributed by atoms with Crippen LogP contribution in [0.4, 0.5) is 0 Å². The number of aliphatic hydroxyl groups is 4. The van der Waals surface area contributed by atoms with Gasteiger partial charge in [-0.3, -0.25) is 9.35 Å². The molecule has 0 aliphatic carbocycles. The topological polar surface area (TPSA) is 192 Å². The first-order valence-electron chi connectivity index (χ1n) is 21.0. The van der Waals surface area contributed by atoms with E-state index in [9.17, 15) is 38.2 Å². The van der Waals surface area contributed by atoms with Crippen molar-refractivity contribution >= 4 is 16.3 Å². The molecular weight excluding hydrogens is 715 g/mol. The largest absolute Gasteiger partial charge is 0.398 e. The number of carbonyl (C=O) groups excluding carboxylic acids is 1. The second-order valence-electron chi connectivity index (χ2n) is 16.4. The van der Waals surface area contributed by atoms with Crippen LogP contribution in [0.5, 0.6) is 0 Å². The number of amides is 1. The second kappa shape index (κ2) is 24.6. The Morgan fingerprint density at radius 3 is 1.52 bits per heavy atom. The summed E-state index contributed by atoms with van der Waals surface area (Å²) in [6, 6.07) is -1.00. The first-order chi connectivity index (χ1) is 25.3. The van der Waals surface area contributed by atoms with Gasteiger partial charge in [-0.1, -0.05) is 147 Å². The highest BCUT2D eigenvalue weighted by atomic mass is 32.3. The number of ether oxygens (including phenoxy) is 2. The van der Waals surface area contributed by atoms with Crippen LogP contribution in [-0.4, -0.2) is 92.9 Å². The van der Waals surface area contributed by atoms with Crippen LogP contribution in [-0.2, 0) is 28.9 Å². The summed E-state index contributed by atoms with van der Waals surface area (Å²) in [7, 11) is -5.25. The average molecular weight is 794 g/mol. The molecule has 0 aromatic carbocycles. The lowest BCUT2D eigenvalue weighted by Crippen LogP contribution is -2.85. The minimum atomic E-state index is -5.25. The van der Waals surface area contributed by atoms with Gasteiger partial charge in [0.2, 0.25) is 5.91 Å². The molecule has 0 saturated carbocycles. The van der Waals surface area contributed by atoms with Crippen LogP contribution in [0, 0.1) is 0 Å². The molecule has 1 aliphatic rings. The van der Waals surface area contributed by atoms with Crippen LogP contribution in [0.3, 0.4) is 0 Å². The molecule has 0 aromatic heterocycles. The summed E-state index contributed by atoms with van der Waals surface area (Å²) in [5.74, 6) is -2.49. The molecule has 7 atom stereocenters. The fraction of sp³-hybridized carbons (Fsp3) is 0.927. The number of nitrogens with one attached hydrogen (secondary N) is 1. The maximum atomic E-state index is 13.0. The normalized spacial score (nSPS) is 28.7. The maximum absolute atomic E-state index is 13.0. The van der Waals surface area contributed by atoms with Gasteiger partial charge in [0.1, 0.15) is 16.8 Å². The zero-order chi connectivity index (χ0) is 40.9. The quantitative estimate of drug-likeness (QED) is 0.0230. The molecule has 1 heterocycles. The van der Waals surface area contributed by atoms with E-state index < -0.39 is 63.9 Å². The molecule has 6 N–H and O–H groups in total. The van der Waals surface area contributed by atoms with Crippen molar-refractivity contribution in [3.63, 3.8) is 0 Å². The van der Waals surface area contributed by atoms with Crippen molar-refractivity contribution in [1.29, 1.82) is 0 Å². The summed E-state index contributed by atoms with van der Waals surface area (Å²) >= 11 is 0. The SMILES string of the molecule is C/C=C/C(O)C(COC1(C)OC(C)(CO)C(C)(O)C(C)(OS(=O)(=O)O)C1(C)O)NC(=O)CCCCCCCCCCCCCCCCCCCCCCC. The van der Waals surface area contributed by atoms with E-state index in [2.05, 4.69) is 12.2 Å². The summed E-state index contributed by atoms with van der Waals surface area (Å²) < 4.78 is 50.3. The number of hydrogen-bond acceptors (Lipinski definition) is 10. The number of hydrogen-bond donors (Lipinski definition) is 6. The van der Waals surface area contributed by atoms with Crippen molar-refractivity contribution in [3.05, 3.63) is 12.2 Å². The Hall–Kier alpha value is -1.16. The minimum Gasteiger partial charge on any atom is -0.393 e. The van der Waals surface area contributed by atoms with E-state index in [1.807, 2.05) is 0 Å². The van der Waals surface area contributed by atoms with E-state index in [4.69, 9.17) is 13.7 Å². The second-order valence-corrected chi connectivity index (χ2v) is 17.5. The van der Waals surface area contributed by atoms with Gasteiger partial charge in [-0.05, 0) is 48.0 Å². The first-order valence-corrected chi connectivity index (χ1v) is 22.3. The molecule has 1 aliphatic heterocycles. The highest BCUT2D eigenvalue weighted by molar-refractivity contribution is 7.80. The lowest BCUT2D eigenvalue weighted by molar-refractivity contribution is -0.453. The Labute approximate surface area is 328 Å². The minimum absolute atomic E-state index is 0.245. The van der Waals surface area contributed by atoms with E-state index in [1.165, 1.54) is 129 Å². The van der Waals surface area contributed by atoms with Gasteiger partial charge in [0.05, 0.1) is 25.4 Å². The van der Waals surface area contributed by atoms with Crippen LogP contribution in [0.25, 0.3) is 0 Å². The van der Waals surface area contributed by atoms with Gasteiger partial charge in [-0.2, -0.15) is 8.42 Å². The highest BCUT2D eigenvalue weighted by Gasteiger charge is 2.77. The lowest BCUT2D eigenvalue weighted by atomic mass is 9.61. The molecule has 320 valence electrons. The average Bonchev–Trinajstić information content (AvgIpc) is 3.09. The van der Waals surface area contributed by atoms with Crippen molar-refractivity contribution in [2.45, 2.75) is 230 Å². The van der Waals surface area contributed by atoms with Crippen LogP contribution in [0.1, 0.15) is 190 Å². The van der Waals surface area contributed by atoms with Gasteiger partial charge in [-0.25, -0.2) is 4.18 Å². The van der Waals surface area contributed by atoms with Gasteiger partial charge in [0.15, 0.2) is 11.4 Å². The molecule has 54 heavy (non-hydrogen) atoms. The van der Waals surface area contributed by atoms with Gasteiger partial charge in [0.25, 0.3) is 0 Å². The Balaban J connectivity index is 2.46. The molecule has 0 spiro atoms. The van der Waals surface area contributed by atoms with Crippen molar-refractivity contribution < 1.29 is 51.8 Å². The van der Waals surface area contributed by atoms with E-state index >= 15 is 0 Å². The van der Waals surface area contributed by atoms with Gasteiger partial charge in [-0.15, -0.1) is 0 Å². The van der Waals surface area contributed by atoms with Crippen molar-refractivity contribution in [3.8, 4) is 0 Å². The monoisotopic (exact) mass is 794 g/mol. The molecule has 1 saturated heterocycles. The number of rotatable bonds is 31. The lowest BCUT2D eigenvalue weighted by Gasteiger charge is -2.65. The maximum Gasteiger partial charge on any atom is 0.398 e. The van der Waals surface area contributed by atoms with E-state index in [-0.39, 0.29) is 12.3 Å². The molecule has 0 aromatic rings. The Morgan fingerprint density at radius 1 is 0.741 bits per heavy atom. The van der Waals surface area contributed by atoms with E-state index in [0.29, 0.717) is 6.42 Å². The van der Waals surface area contributed by atoms with Crippen LogP contribution < -0.4 is 5.32 Å². The Kier molecular flexibility index (Phi) is 23.1. The molecule has 1 amide bonds. The highest BCUT2D eigenvalue weighted by Crippen LogP contribution is 2.55. The van der Waals surface area contributed by atoms with Crippen molar-refractivity contribution in [2.75, 3.05) is 13.2 Å². The third-order valence-corrected chi connectivity index (χ3v) is 12.5. The van der Waals surface area contributed by atoms with Crippen LogP contribution in [0.2, 0.25) is 0 Å². The van der Waals surface area contributed by atoms with E-state index in [1.54, 1.807) is 13.0 Å². The number of allylic oxidation sites excluding steroid dienone is 1. The third kappa shape index (κ3) is 15.6. The van der Waals surface area contributed by atoms with Gasteiger partial charge < -0.3 is 35.2 Å². The van der Waals surface area contributed by atoms with Crippen molar-refractivity contribution in [2.24, 2.45) is 0 Å². The number of carbonyl (C=O) groups is 1. The van der Waals surface area contributed by atoms with Gasteiger partial charge >= 0.3 is 10.4 Å². The zero-order valence-corrected chi connectivity index (χ0v) is 35.7. The summed E-state index contributed by atoms with van der Waals surface area (Å²) in [5.41, 5.74) is -9.40. The molecule has 0 radical (unpaired) electrons. The molecule has 1 fully saturated rings. The summed E-state index contributed by atoms with van der Waals surface area (Å²) in [5, 5.41) is 47.1. The summed E-state index contributed by atoms with van der Waals surface area (Å²) in [6.07, 6.45) is 28.9. The standard InChI is InChI=1S/C41H79NO11S/c1-8-10-11-12-13-14-15-16-17-18-19-20-21-22-23-24-25-26-27-28-29-31-36(45)42-34(35(44)30-9-2)32-51-41(7)39(5,47)40(6,53-54(48,49)50)38(4,46)37(3,33-43)52-41/h9,30,34-35,43-44,46-47H,8,10-29,31-33H2,1-7H3,(H,42,45)(H,48,49,50)/b30-9+. The van der Waals surface area contributed by atoms with Crippen LogP contribution >= 0.6 is 0 Å². The van der Waals surface area contributed by atoms with Crippen molar-refractivity contribution in [1.82, 2.24) is 5.32 Å². The smallest absolute Gasteiger partial charge is 0.393 e. The molecule has 13 heteroatoms. The van der Waals surface area contributed by atoms with Crippen LogP contribution in [0.15, 0.2) is 12.2 Å². The fourth-order valence-electron chi connectivity index (χ4n) is 7.57. The molecular formula is C41H79NO11S. The zero-order valence-electron chi connectivity index (χ0n) is 34.9. The Bertz CT molecular complexity index is 1180. The molecule has 0 bridgehead atoms. The predicted octanol–water partition coefficient (Wildman–Crippen LogP) is 7.60. The Morgan fingerprint density at radius 2 is 1.15 bits per heavy atom. The third-order valence-electron chi connectivity index (χ3n) is 12.0. The summed E-state index contributed by atoms with van der Waals surface area (Å²) in [4.78, 5) is 13.0. The number of aliphatic hydroxyl groups excluding tert-OH is 2. The molecule has 12 nitrogen and oxygen atoms in total. The van der Waals surface area contributed by atoms with E-state index in [0.717, 1.165) is 40.0 Å². The molecule has 1 rings (SSSR count). The number of unbranched alkanes of at least 4 members (excludes halogenated alkanes) is 20. The molecule has 7 unspecified atom stereocenters. The fourth-order valence-corrected chi connectivity index (χ4v) is 8.32. The predicted molar refractivity (Wildman–Crippen MR) is 213 cm³/mol. The summed E-state index contributed by atoms with van der Waals surface area (Å²) in [6.45, 7) is 8.45.